The first-order valence-corrected chi connectivity index (χ1v) is 10.3. The summed E-state index contributed by atoms with van der Waals surface area (Å²) in [4.78, 5) is 16.7. The molecule has 0 saturated heterocycles. The molecule has 0 aliphatic rings. The predicted molar refractivity (Wildman–Crippen MR) is 107 cm³/mol. The molecule has 3 heteroatoms. The van der Waals surface area contributed by atoms with Crippen molar-refractivity contribution in [2.24, 2.45) is 17.6 Å². The number of aromatic nitrogens is 1. The molecule has 0 aromatic carbocycles. The Balaban J connectivity index is 3.01. The standard InChI is InChI=1S/C22H38N2O/c1-5-9-11-17(7-3)15-19-13-14-24-20(21(19)22(23)25)16-18(8-4)12-10-6-2/h13-14,17-18H,5-12,15-16H2,1-4H3,(H2,23,25). The molecule has 0 bridgehead atoms. The number of nitrogens with two attached hydrogens (primary N) is 1. The van der Waals surface area contributed by atoms with E-state index in [1.165, 1.54) is 38.5 Å². The van der Waals surface area contributed by atoms with Crippen LogP contribution in [-0.2, 0) is 12.8 Å². The second-order valence-corrected chi connectivity index (χ2v) is 7.40. The highest BCUT2D eigenvalue weighted by molar-refractivity contribution is 5.95. The number of carbonyl (C=O) groups excluding carboxylic acids is 1. The minimum atomic E-state index is -0.311. The van der Waals surface area contributed by atoms with Crippen molar-refractivity contribution in [1.82, 2.24) is 4.98 Å². The number of rotatable bonds is 13. The molecule has 1 amide bonds. The molecule has 1 aromatic heterocycles. The Morgan fingerprint density at radius 3 is 2.04 bits per heavy atom. The topological polar surface area (TPSA) is 56.0 Å². The van der Waals surface area contributed by atoms with Gasteiger partial charge in [-0.05, 0) is 36.3 Å². The van der Waals surface area contributed by atoms with Crippen molar-refractivity contribution in [2.45, 2.75) is 91.9 Å². The van der Waals surface area contributed by atoms with Crippen LogP contribution in [0.15, 0.2) is 12.3 Å². The third kappa shape index (κ3) is 7.17. The van der Waals surface area contributed by atoms with E-state index in [9.17, 15) is 4.79 Å². The monoisotopic (exact) mass is 346 g/mol. The Kier molecular flexibility index (Phi) is 10.4. The molecule has 0 aliphatic carbocycles. The number of carbonyl (C=O) groups is 1. The van der Waals surface area contributed by atoms with Gasteiger partial charge in [0.1, 0.15) is 0 Å². The Hall–Kier alpha value is -1.38. The maximum Gasteiger partial charge on any atom is 0.250 e. The van der Waals surface area contributed by atoms with E-state index in [1.807, 2.05) is 12.3 Å². The number of amides is 1. The lowest BCUT2D eigenvalue weighted by Crippen LogP contribution is -2.20. The number of primary amides is 1. The van der Waals surface area contributed by atoms with Gasteiger partial charge in [0.2, 0.25) is 0 Å². The highest BCUT2D eigenvalue weighted by Gasteiger charge is 2.20. The molecule has 1 aromatic rings. The molecule has 0 aliphatic heterocycles. The fraction of sp³-hybridized carbons (Fsp3) is 0.727. The van der Waals surface area contributed by atoms with Crippen molar-refractivity contribution >= 4 is 5.91 Å². The van der Waals surface area contributed by atoms with Gasteiger partial charge in [-0.25, -0.2) is 0 Å². The highest BCUT2D eigenvalue weighted by Crippen LogP contribution is 2.25. The molecule has 2 N–H and O–H groups in total. The van der Waals surface area contributed by atoms with Crippen LogP contribution in [0.1, 0.15) is 101 Å². The third-order valence-corrected chi connectivity index (χ3v) is 5.44. The van der Waals surface area contributed by atoms with Crippen molar-refractivity contribution in [2.75, 3.05) is 0 Å². The summed E-state index contributed by atoms with van der Waals surface area (Å²) in [6, 6.07) is 2.01. The second-order valence-electron chi connectivity index (χ2n) is 7.40. The largest absolute Gasteiger partial charge is 0.366 e. The van der Waals surface area contributed by atoms with Crippen LogP contribution in [0, 0.1) is 11.8 Å². The maximum atomic E-state index is 12.2. The minimum Gasteiger partial charge on any atom is -0.366 e. The van der Waals surface area contributed by atoms with Gasteiger partial charge >= 0.3 is 0 Å². The van der Waals surface area contributed by atoms with Crippen LogP contribution in [0.5, 0.6) is 0 Å². The van der Waals surface area contributed by atoms with Crippen LogP contribution in [0.3, 0.4) is 0 Å². The summed E-state index contributed by atoms with van der Waals surface area (Å²) in [7, 11) is 0. The number of unbranched alkanes of at least 4 members (excludes halogenated alkanes) is 2. The quantitative estimate of drug-likeness (QED) is 0.498. The summed E-state index contributed by atoms with van der Waals surface area (Å²) in [6.07, 6.45) is 13.3. The van der Waals surface area contributed by atoms with Gasteiger partial charge in [-0.15, -0.1) is 0 Å². The predicted octanol–water partition coefficient (Wildman–Crippen LogP) is 5.70. The average molecular weight is 347 g/mol. The van der Waals surface area contributed by atoms with Crippen LogP contribution in [-0.4, -0.2) is 10.9 Å². The molecule has 2 atom stereocenters. The van der Waals surface area contributed by atoms with E-state index in [-0.39, 0.29) is 5.91 Å². The molecular formula is C22H38N2O. The molecule has 3 nitrogen and oxygen atoms in total. The van der Waals surface area contributed by atoms with Crippen LogP contribution in [0.25, 0.3) is 0 Å². The van der Waals surface area contributed by atoms with Gasteiger partial charge in [0, 0.05) is 6.20 Å². The molecule has 0 spiro atoms. The van der Waals surface area contributed by atoms with Crippen LogP contribution < -0.4 is 5.73 Å². The second kappa shape index (κ2) is 12.1. The first-order chi connectivity index (χ1) is 12.1. The smallest absolute Gasteiger partial charge is 0.250 e. The van der Waals surface area contributed by atoms with Gasteiger partial charge in [-0.2, -0.15) is 0 Å². The minimum absolute atomic E-state index is 0.311. The van der Waals surface area contributed by atoms with Crippen molar-refractivity contribution in [3.8, 4) is 0 Å². The fourth-order valence-electron chi connectivity index (χ4n) is 3.65. The van der Waals surface area contributed by atoms with Gasteiger partial charge in [0.05, 0.1) is 11.3 Å². The molecule has 25 heavy (non-hydrogen) atoms. The molecule has 2 unspecified atom stereocenters. The fourth-order valence-corrected chi connectivity index (χ4v) is 3.65. The molecule has 1 rings (SSSR count). The Morgan fingerprint density at radius 2 is 1.56 bits per heavy atom. The van der Waals surface area contributed by atoms with E-state index < -0.39 is 0 Å². The average Bonchev–Trinajstić information content (AvgIpc) is 2.61. The van der Waals surface area contributed by atoms with Crippen molar-refractivity contribution < 1.29 is 4.79 Å². The molecule has 0 fully saturated rings. The molecule has 0 radical (unpaired) electrons. The summed E-state index contributed by atoms with van der Waals surface area (Å²) in [5.74, 6) is 0.895. The van der Waals surface area contributed by atoms with Crippen LogP contribution in [0.2, 0.25) is 0 Å². The number of nitrogens with zero attached hydrogens (tertiary/aromatic N) is 1. The number of pyridine rings is 1. The lowest BCUT2D eigenvalue weighted by molar-refractivity contribution is 0.0997. The maximum absolute atomic E-state index is 12.2. The van der Waals surface area contributed by atoms with Gasteiger partial charge < -0.3 is 5.73 Å². The normalized spacial score (nSPS) is 13.6. The molecule has 1 heterocycles. The summed E-state index contributed by atoms with van der Waals surface area (Å²) in [5, 5.41) is 0. The van der Waals surface area contributed by atoms with E-state index >= 15 is 0 Å². The van der Waals surface area contributed by atoms with Crippen molar-refractivity contribution in [1.29, 1.82) is 0 Å². The van der Waals surface area contributed by atoms with Crippen LogP contribution in [0.4, 0.5) is 0 Å². The first-order valence-electron chi connectivity index (χ1n) is 10.3. The zero-order chi connectivity index (χ0) is 18.7. The lowest BCUT2D eigenvalue weighted by atomic mass is 9.87. The van der Waals surface area contributed by atoms with Gasteiger partial charge in [-0.3, -0.25) is 9.78 Å². The summed E-state index contributed by atoms with van der Waals surface area (Å²) in [6.45, 7) is 8.92. The van der Waals surface area contributed by atoms with Gasteiger partial charge in [0.25, 0.3) is 5.91 Å². The number of hydrogen-bond donors (Lipinski definition) is 1. The Morgan fingerprint density at radius 1 is 1.00 bits per heavy atom. The van der Waals surface area contributed by atoms with Gasteiger partial charge in [-0.1, -0.05) is 79.1 Å². The van der Waals surface area contributed by atoms with Crippen molar-refractivity contribution in [3.05, 3.63) is 29.1 Å². The van der Waals surface area contributed by atoms with Crippen LogP contribution >= 0.6 is 0 Å². The summed E-state index contributed by atoms with van der Waals surface area (Å²) >= 11 is 0. The van der Waals surface area contributed by atoms with E-state index in [2.05, 4.69) is 32.7 Å². The molecule has 0 saturated carbocycles. The summed E-state index contributed by atoms with van der Waals surface area (Å²) < 4.78 is 0. The Bertz CT molecular complexity index is 476. The first kappa shape index (κ1) is 21.7. The number of hydrogen-bond acceptors (Lipinski definition) is 2. The van der Waals surface area contributed by atoms with E-state index in [0.29, 0.717) is 17.4 Å². The van der Waals surface area contributed by atoms with Gasteiger partial charge in [0.15, 0.2) is 0 Å². The van der Waals surface area contributed by atoms with E-state index in [1.54, 1.807) is 0 Å². The third-order valence-electron chi connectivity index (χ3n) is 5.44. The Labute approximate surface area is 154 Å². The lowest BCUT2D eigenvalue weighted by Gasteiger charge is -2.20. The molecule has 142 valence electrons. The van der Waals surface area contributed by atoms with E-state index in [4.69, 9.17) is 5.73 Å². The SMILES string of the molecule is CCCCC(CC)Cc1ccnc(CC(CC)CCCC)c1C(N)=O. The van der Waals surface area contributed by atoms with E-state index in [0.717, 1.165) is 36.9 Å². The zero-order valence-electron chi connectivity index (χ0n) is 16.8. The summed E-state index contributed by atoms with van der Waals surface area (Å²) in [5.41, 5.74) is 8.49. The van der Waals surface area contributed by atoms with Crippen molar-refractivity contribution in [3.63, 3.8) is 0 Å². The zero-order valence-corrected chi connectivity index (χ0v) is 16.8. The highest BCUT2D eigenvalue weighted by atomic mass is 16.1. The molecular weight excluding hydrogens is 308 g/mol.